The summed E-state index contributed by atoms with van der Waals surface area (Å²) in [5.74, 6) is -2.62. The van der Waals surface area contributed by atoms with Crippen LogP contribution in [0.1, 0.15) is 46.1 Å². The van der Waals surface area contributed by atoms with E-state index in [1.807, 2.05) is 0 Å². The van der Waals surface area contributed by atoms with Crippen LogP contribution in [-0.4, -0.2) is 91.5 Å². The smallest absolute Gasteiger partial charge is 0.303 e. The normalized spacial score (nSPS) is 22.5. The maximum absolute atomic E-state index is 11.4. The van der Waals surface area contributed by atoms with Crippen LogP contribution in [0.15, 0.2) is 106 Å². The van der Waals surface area contributed by atoms with Crippen LogP contribution in [0.3, 0.4) is 0 Å². The minimum atomic E-state index is -1.19. The van der Waals surface area contributed by atoms with Crippen LogP contribution >= 0.6 is 23.9 Å². The Morgan fingerprint density at radius 3 is 1.88 bits per heavy atom. The molecule has 2 heterocycles. The molecule has 5 unspecified atom stereocenters. The van der Waals surface area contributed by atoms with Gasteiger partial charge in [-0.3, -0.25) is 19.2 Å². The van der Waals surface area contributed by atoms with Crippen molar-refractivity contribution in [3.8, 4) is 0 Å². The molecular formula is C42H47AuBrNO10PS. The number of carbonyl (C=O) groups is 4. The topological polar surface area (TPSA) is 127 Å². The second-order valence-corrected chi connectivity index (χ2v) is 17.2. The SMILES string of the molecule is Brc1cccc(/C=C2\CCC([PH+](c3ccccc3)c3ccccc3)=C2N2CCOCC2)c1.CC(=O)OCC1OC([S-])C(OC(C)=O)C(OC(C)=O)C1OC(C)=O.[Au]. The van der Waals surface area contributed by atoms with Gasteiger partial charge in [0.15, 0.2) is 12.2 Å². The molecule has 11 nitrogen and oxygen atoms in total. The summed E-state index contributed by atoms with van der Waals surface area (Å²) < 4.78 is 32.5. The number of morpholine rings is 1. The summed E-state index contributed by atoms with van der Waals surface area (Å²) in [5, 5.41) is 4.57. The minimum absolute atomic E-state index is 0. The Morgan fingerprint density at radius 1 is 0.772 bits per heavy atom. The number of halogens is 1. The van der Waals surface area contributed by atoms with E-state index in [1.54, 1.807) is 5.31 Å². The number of carbonyl (C=O) groups excluding carboxylic acids is 4. The maximum atomic E-state index is 11.4. The van der Waals surface area contributed by atoms with Crippen LogP contribution in [0.5, 0.6) is 0 Å². The van der Waals surface area contributed by atoms with E-state index in [0.717, 1.165) is 64.4 Å². The third-order valence-corrected chi connectivity index (χ3v) is 12.9. The van der Waals surface area contributed by atoms with E-state index in [0.29, 0.717) is 0 Å². The summed E-state index contributed by atoms with van der Waals surface area (Å²) in [6.45, 7) is 7.91. The van der Waals surface area contributed by atoms with E-state index in [4.69, 9.17) is 41.0 Å². The quantitative estimate of drug-likeness (QED) is 0.0820. The van der Waals surface area contributed by atoms with Crippen molar-refractivity contribution in [3.05, 3.63) is 112 Å². The third kappa shape index (κ3) is 13.4. The van der Waals surface area contributed by atoms with Gasteiger partial charge in [0.2, 0.25) is 0 Å². The number of allylic oxidation sites excluding steroid dienone is 2. The molecule has 0 saturated carbocycles. The van der Waals surface area contributed by atoms with Crippen LogP contribution in [0.4, 0.5) is 0 Å². The van der Waals surface area contributed by atoms with Crippen molar-refractivity contribution in [3.63, 3.8) is 0 Å². The van der Waals surface area contributed by atoms with Gasteiger partial charge in [0.05, 0.1) is 26.8 Å². The summed E-state index contributed by atoms with van der Waals surface area (Å²) in [6.07, 6.45) is 0.155. The van der Waals surface area contributed by atoms with Crippen LogP contribution in [0.25, 0.3) is 6.08 Å². The molecule has 6 rings (SSSR count). The predicted octanol–water partition coefficient (Wildman–Crippen LogP) is 5.65. The van der Waals surface area contributed by atoms with E-state index in [9.17, 15) is 19.2 Å². The van der Waals surface area contributed by atoms with Crippen molar-refractivity contribution in [2.45, 2.75) is 70.4 Å². The molecule has 5 atom stereocenters. The molecular weight excluding hydrogens is 1020 g/mol. The van der Waals surface area contributed by atoms with Gasteiger partial charge in [-0.15, -0.1) is 0 Å². The summed E-state index contributed by atoms with van der Waals surface area (Å²) in [6, 6.07) is 30.9. The molecule has 0 amide bonds. The second-order valence-electron chi connectivity index (χ2n) is 13.3. The number of ether oxygens (including phenoxy) is 6. The standard InChI is InChI=1S/C28H27BrNOP.C14H20O9S.Au/c29-24-9-7-8-22(21-24)20-23-14-15-27(28(23)30-16-18-31-19-17-30)32(25-10-3-1-4-11-25)26-12-5-2-6-13-26;1-6(15)19-5-10-11(20-7(2)16)12(21-8(3)17)13(14(24)23-10)22-9(4)18;/h1-13,20-21H,14-19H2;10-14,24H,5H2,1-4H3;/b23-20+;;. The van der Waals surface area contributed by atoms with Crippen molar-refractivity contribution in [1.82, 2.24) is 4.90 Å². The predicted molar refractivity (Wildman–Crippen MR) is 221 cm³/mol. The Hall–Kier alpha value is -3.26. The molecule has 3 aromatic rings. The number of hydrogen-bond acceptors (Lipinski definition) is 12. The third-order valence-electron chi connectivity index (χ3n) is 9.13. The van der Waals surface area contributed by atoms with Crippen LogP contribution in [0.2, 0.25) is 0 Å². The summed E-state index contributed by atoms with van der Waals surface area (Å²) in [5.41, 5.74) is 3.12. The Balaban J connectivity index is 0.000000260. The van der Waals surface area contributed by atoms with Gasteiger partial charge in [0.25, 0.3) is 0 Å². The maximum Gasteiger partial charge on any atom is 0.303 e. The van der Waals surface area contributed by atoms with E-state index in [1.165, 1.54) is 34.4 Å². The van der Waals surface area contributed by atoms with E-state index >= 15 is 0 Å². The van der Waals surface area contributed by atoms with Gasteiger partial charge < -0.3 is 45.9 Å². The zero-order chi connectivity index (χ0) is 40.2. The van der Waals surface area contributed by atoms with Crippen molar-refractivity contribution in [2.24, 2.45) is 0 Å². The first-order valence-electron chi connectivity index (χ1n) is 18.4. The van der Waals surface area contributed by atoms with Crippen molar-refractivity contribution >= 4 is 77.0 Å². The fraction of sp³-hybridized carbons (Fsp3) is 0.381. The minimum Gasteiger partial charge on any atom is -0.757 e. The van der Waals surface area contributed by atoms with E-state index < -0.39 is 61.7 Å². The second kappa shape index (κ2) is 22.8. The molecule has 2 aliphatic heterocycles. The molecule has 1 aliphatic carbocycles. The number of esters is 4. The molecule has 0 N–H and O–H groups in total. The Morgan fingerprint density at radius 2 is 1.33 bits per heavy atom. The van der Waals surface area contributed by atoms with Crippen molar-refractivity contribution < 1.29 is 70.0 Å². The van der Waals surface area contributed by atoms with E-state index in [2.05, 4.69) is 112 Å². The average Bonchev–Trinajstić information content (AvgIpc) is 3.57. The summed E-state index contributed by atoms with van der Waals surface area (Å²) in [4.78, 5) is 47.6. The molecule has 0 aromatic heterocycles. The molecule has 15 heteroatoms. The van der Waals surface area contributed by atoms with Crippen molar-refractivity contribution in [2.75, 3.05) is 32.9 Å². The van der Waals surface area contributed by atoms with Gasteiger partial charge >= 0.3 is 23.9 Å². The number of hydrogen-bond donors (Lipinski definition) is 0. The Bertz CT molecular complexity index is 1860. The molecule has 309 valence electrons. The molecule has 0 bridgehead atoms. The molecule has 2 saturated heterocycles. The average molecular weight is 1070 g/mol. The zero-order valence-corrected chi connectivity index (χ0v) is 37.7. The Labute approximate surface area is 364 Å². The fourth-order valence-corrected chi connectivity index (χ4v) is 10.7. The summed E-state index contributed by atoms with van der Waals surface area (Å²) >= 11 is 8.75. The first-order valence-corrected chi connectivity index (χ1v) is 21.1. The van der Waals surface area contributed by atoms with Crippen LogP contribution < -0.4 is 10.6 Å². The molecule has 0 spiro atoms. The van der Waals surface area contributed by atoms with Crippen molar-refractivity contribution in [1.29, 1.82) is 0 Å². The van der Waals surface area contributed by atoms with Gasteiger partial charge in [-0.1, -0.05) is 64.5 Å². The van der Waals surface area contributed by atoms with E-state index in [-0.39, 0.29) is 29.0 Å². The molecule has 1 radical (unpaired) electrons. The first kappa shape index (κ1) is 46.4. The van der Waals surface area contributed by atoms with Gasteiger partial charge in [0, 0.05) is 74.1 Å². The van der Waals surface area contributed by atoms with Gasteiger partial charge in [-0.25, -0.2) is 0 Å². The molecule has 57 heavy (non-hydrogen) atoms. The van der Waals surface area contributed by atoms with Gasteiger partial charge in [0.1, 0.15) is 34.7 Å². The van der Waals surface area contributed by atoms with Gasteiger partial charge in [-0.2, -0.15) is 0 Å². The zero-order valence-electron chi connectivity index (χ0n) is 32.1. The molecule has 2 fully saturated rings. The van der Waals surface area contributed by atoms with Gasteiger partial charge in [-0.05, 0) is 65.5 Å². The summed E-state index contributed by atoms with van der Waals surface area (Å²) in [7, 11) is -1.06. The van der Waals surface area contributed by atoms with Crippen LogP contribution in [-0.2, 0) is 82.6 Å². The fourth-order valence-electron chi connectivity index (χ4n) is 6.97. The number of rotatable bonds is 10. The largest absolute Gasteiger partial charge is 0.757 e. The van der Waals surface area contributed by atoms with Crippen LogP contribution in [0, 0.1) is 0 Å². The molecule has 3 aliphatic rings. The first-order chi connectivity index (χ1) is 26.9. The number of benzene rings is 3. The molecule has 3 aromatic carbocycles. The Kier molecular flexibility index (Phi) is 18.5. The number of nitrogens with zero attached hydrogens (tertiary/aromatic N) is 1. The monoisotopic (exact) mass is 1060 g/mol.